The zero-order valence-corrected chi connectivity index (χ0v) is 21.1. The van der Waals surface area contributed by atoms with Crippen LogP contribution >= 0.6 is 11.8 Å². The second kappa shape index (κ2) is 14.9. The summed E-state index contributed by atoms with van der Waals surface area (Å²) >= 11 is 1.83. The normalized spacial score (nSPS) is 12.1. The van der Waals surface area contributed by atoms with Gasteiger partial charge in [-0.2, -0.15) is 0 Å². The lowest BCUT2D eigenvalue weighted by Gasteiger charge is -2.07. The zero-order chi connectivity index (χ0) is 23.8. The van der Waals surface area contributed by atoms with Crippen molar-refractivity contribution in [3.63, 3.8) is 0 Å². The van der Waals surface area contributed by atoms with Crippen molar-refractivity contribution in [1.82, 2.24) is 9.55 Å². The van der Waals surface area contributed by atoms with Crippen molar-refractivity contribution in [2.24, 2.45) is 4.99 Å². The van der Waals surface area contributed by atoms with Crippen molar-refractivity contribution in [3.8, 4) is 0 Å². The molecule has 2 aromatic heterocycles. The highest BCUT2D eigenvalue weighted by Gasteiger charge is 2.01. The van der Waals surface area contributed by atoms with Crippen LogP contribution in [0.15, 0.2) is 84.7 Å². The summed E-state index contributed by atoms with van der Waals surface area (Å²) in [5, 5.41) is 4.59. The molecule has 178 valence electrons. The number of allylic oxidation sites excluding steroid dienone is 1. The first-order valence-electron chi connectivity index (χ1n) is 12.0. The molecule has 1 N–H and O–H groups in total. The number of hydrogen-bond acceptors (Lipinski definition) is 4. The maximum absolute atomic E-state index is 4.29. The summed E-state index contributed by atoms with van der Waals surface area (Å²) in [5.74, 6) is 1.11. The first-order valence-corrected chi connectivity index (χ1v) is 12.9. The number of benzene rings is 1. The summed E-state index contributed by atoms with van der Waals surface area (Å²) in [5.41, 5.74) is 3.57. The van der Waals surface area contributed by atoms with E-state index >= 15 is 0 Å². The smallest absolute Gasteiger partial charge is 0.169 e. The number of imidazole rings is 1. The average molecular weight is 475 g/mol. The van der Waals surface area contributed by atoms with E-state index in [9.17, 15) is 0 Å². The van der Waals surface area contributed by atoms with Gasteiger partial charge in [-0.1, -0.05) is 30.4 Å². The van der Waals surface area contributed by atoms with Crippen molar-refractivity contribution in [3.05, 3.63) is 90.8 Å². The first kappa shape index (κ1) is 25.5. The molecule has 5 nitrogen and oxygen atoms in total. The lowest BCUT2D eigenvalue weighted by atomic mass is 10.1. The average Bonchev–Trinajstić information content (AvgIpc) is 3.39. The molecule has 34 heavy (non-hydrogen) atoms. The Bertz CT molecular complexity index is 1040. The predicted molar refractivity (Wildman–Crippen MR) is 147 cm³/mol. The summed E-state index contributed by atoms with van der Waals surface area (Å²) in [6, 6.07) is 12.9. The van der Waals surface area contributed by atoms with Gasteiger partial charge in [-0.05, 0) is 54.9 Å². The molecule has 1 aromatic carbocycles. The van der Waals surface area contributed by atoms with E-state index in [-0.39, 0.29) is 0 Å². The summed E-state index contributed by atoms with van der Waals surface area (Å²) < 4.78 is 4.36. The molecule has 0 bridgehead atoms. The number of unbranched alkanes of at least 4 members (excludes halogenated alkanes) is 1. The van der Waals surface area contributed by atoms with E-state index in [0.29, 0.717) is 0 Å². The molecule has 0 unspecified atom stereocenters. The van der Waals surface area contributed by atoms with E-state index in [1.165, 1.54) is 24.0 Å². The van der Waals surface area contributed by atoms with Crippen molar-refractivity contribution >= 4 is 34.6 Å². The molecule has 0 saturated heterocycles. The Morgan fingerprint density at radius 2 is 1.82 bits per heavy atom. The fourth-order valence-corrected chi connectivity index (χ4v) is 4.37. The topological polar surface area (TPSA) is 46.1 Å². The Morgan fingerprint density at radius 3 is 2.50 bits per heavy atom. The van der Waals surface area contributed by atoms with Crippen molar-refractivity contribution < 1.29 is 4.57 Å². The lowest BCUT2D eigenvalue weighted by molar-refractivity contribution is -0.697. The molecule has 3 aromatic rings. The van der Waals surface area contributed by atoms with Crippen LogP contribution in [-0.2, 0) is 13.1 Å². The van der Waals surface area contributed by atoms with E-state index in [2.05, 4.69) is 91.4 Å². The van der Waals surface area contributed by atoms with Crippen LogP contribution in [0, 0.1) is 0 Å². The summed E-state index contributed by atoms with van der Waals surface area (Å²) in [4.78, 5) is 8.36. The standard InChI is InChI=1S/C28H35N5S/c1-3-7-28(29-2)34-23-5-4-18-32-20-14-26(15-21-32)9-8-25-10-12-27(13-11-25)31-16-6-19-33-22-17-30-24-33/h3,7-15,17,20-22,24H,4-6,16,18-19,23H2,1-2H3/p+1/b7-3-,29-28?. The number of anilines is 1. The number of hydrogen-bond donors (Lipinski definition) is 1. The molecule has 2 heterocycles. The Morgan fingerprint density at radius 1 is 1.06 bits per heavy atom. The van der Waals surface area contributed by atoms with Crippen molar-refractivity contribution in [1.29, 1.82) is 0 Å². The summed E-state index contributed by atoms with van der Waals surface area (Å²) in [6.07, 6.45) is 21.9. The maximum atomic E-state index is 4.29. The Balaban J connectivity index is 1.35. The molecule has 0 radical (unpaired) electrons. The first-order chi connectivity index (χ1) is 16.8. The van der Waals surface area contributed by atoms with Crippen LogP contribution < -0.4 is 9.88 Å². The van der Waals surface area contributed by atoms with E-state index < -0.39 is 0 Å². The number of thioether (sulfide) groups is 1. The van der Waals surface area contributed by atoms with Gasteiger partial charge in [-0.25, -0.2) is 9.55 Å². The third kappa shape index (κ3) is 9.40. The van der Waals surface area contributed by atoms with E-state index in [1.807, 2.05) is 50.5 Å². The zero-order valence-electron chi connectivity index (χ0n) is 20.3. The second-order valence-corrected chi connectivity index (χ2v) is 9.14. The van der Waals surface area contributed by atoms with Crippen LogP contribution in [0.5, 0.6) is 0 Å². The van der Waals surface area contributed by atoms with Gasteiger partial charge in [0.1, 0.15) is 6.54 Å². The third-order valence-electron chi connectivity index (χ3n) is 5.37. The largest absolute Gasteiger partial charge is 0.385 e. The van der Waals surface area contributed by atoms with Gasteiger partial charge in [0.15, 0.2) is 12.4 Å². The van der Waals surface area contributed by atoms with Gasteiger partial charge in [0, 0.05) is 56.8 Å². The summed E-state index contributed by atoms with van der Waals surface area (Å²) in [7, 11) is 1.85. The third-order valence-corrected chi connectivity index (χ3v) is 6.47. The Labute approximate surface area is 208 Å². The fraction of sp³-hybridized carbons (Fsp3) is 0.321. The second-order valence-electron chi connectivity index (χ2n) is 8.02. The number of aryl methyl sites for hydroxylation is 2. The summed E-state index contributed by atoms with van der Waals surface area (Å²) in [6.45, 7) is 5.00. The molecule has 0 fully saturated rings. The number of pyridine rings is 1. The number of nitrogens with zero attached hydrogens (tertiary/aromatic N) is 4. The number of aromatic nitrogens is 3. The van der Waals surface area contributed by atoms with Crippen LogP contribution in [0.1, 0.15) is 37.3 Å². The molecule has 0 aliphatic carbocycles. The minimum absolute atomic E-state index is 0.945. The van der Waals surface area contributed by atoms with Crippen LogP contribution in [0.3, 0.4) is 0 Å². The van der Waals surface area contributed by atoms with Gasteiger partial charge in [0.2, 0.25) is 0 Å². The van der Waals surface area contributed by atoms with Gasteiger partial charge in [-0.3, -0.25) is 4.99 Å². The Kier molecular flexibility index (Phi) is 11.2. The van der Waals surface area contributed by atoms with Gasteiger partial charge in [-0.15, -0.1) is 11.8 Å². The highest BCUT2D eigenvalue weighted by Crippen LogP contribution is 2.13. The van der Waals surface area contributed by atoms with Crippen molar-refractivity contribution in [2.45, 2.75) is 39.3 Å². The molecule has 0 aliphatic rings. The monoisotopic (exact) mass is 474 g/mol. The van der Waals surface area contributed by atoms with Crippen molar-refractivity contribution in [2.75, 3.05) is 24.7 Å². The molecular weight excluding hydrogens is 438 g/mol. The molecule has 0 atom stereocenters. The molecule has 3 rings (SSSR count). The number of nitrogens with one attached hydrogen (secondary N) is 1. The fourth-order valence-electron chi connectivity index (χ4n) is 3.45. The molecule has 0 amide bonds. The molecule has 6 heteroatoms. The minimum Gasteiger partial charge on any atom is -0.385 e. The molecular formula is C28H36N5S+. The van der Waals surface area contributed by atoms with Gasteiger partial charge < -0.3 is 9.88 Å². The van der Waals surface area contributed by atoms with E-state index in [4.69, 9.17) is 0 Å². The molecule has 0 saturated carbocycles. The van der Waals surface area contributed by atoms with Gasteiger partial charge in [0.05, 0.1) is 11.4 Å². The molecule has 0 aliphatic heterocycles. The highest BCUT2D eigenvalue weighted by atomic mass is 32.2. The van der Waals surface area contributed by atoms with Gasteiger partial charge in [0.25, 0.3) is 0 Å². The van der Waals surface area contributed by atoms with E-state index in [1.54, 1.807) is 0 Å². The van der Waals surface area contributed by atoms with Crippen LogP contribution in [0.4, 0.5) is 5.69 Å². The maximum Gasteiger partial charge on any atom is 0.169 e. The lowest BCUT2D eigenvalue weighted by Crippen LogP contribution is -2.32. The van der Waals surface area contributed by atoms with Crippen LogP contribution in [0.2, 0.25) is 0 Å². The number of aliphatic imine (C=N–C) groups is 1. The Hall–Kier alpha value is -3.12. The van der Waals surface area contributed by atoms with Crippen LogP contribution in [0.25, 0.3) is 12.2 Å². The quantitative estimate of drug-likeness (QED) is 0.144. The van der Waals surface area contributed by atoms with E-state index in [0.717, 1.165) is 42.5 Å². The molecule has 0 spiro atoms. The highest BCUT2D eigenvalue weighted by molar-refractivity contribution is 8.14. The number of rotatable bonds is 13. The predicted octanol–water partition coefficient (Wildman–Crippen LogP) is 5.96. The minimum atomic E-state index is 0.945. The SMILES string of the molecule is C/C=C\C(=NC)SCCCC[n+]1ccc(/C=C/c2ccc(NCCCn3ccnc3)cc2)cc1. The van der Waals surface area contributed by atoms with Gasteiger partial charge >= 0.3 is 0 Å². The van der Waals surface area contributed by atoms with Crippen LogP contribution in [-0.4, -0.2) is 33.9 Å².